The number of nitrogens with zero attached hydrogens (tertiary/aromatic N) is 1. The Balaban J connectivity index is 1.85. The zero-order valence-electron chi connectivity index (χ0n) is 17.4. The molecule has 0 fully saturated rings. The number of anilines is 1. The van der Waals surface area contributed by atoms with Crippen molar-refractivity contribution in [3.8, 4) is 0 Å². The van der Waals surface area contributed by atoms with Gasteiger partial charge in [0, 0.05) is 25.3 Å². The van der Waals surface area contributed by atoms with Crippen molar-refractivity contribution in [3.63, 3.8) is 0 Å². The van der Waals surface area contributed by atoms with E-state index in [-0.39, 0.29) is 36.4 Å². The van der Waals surface area contributed by atoms with Crippen molar-refractivity contribution >= 4 is 29.6 Å². The van der Waals surface area contributed by atoms with Gasteiger partial charge in [-0.3, -0.25) is 14.5 Å². The molecule has 0 unspecified atom stereocenters. The van der Waals surface area contributed by atoms with Gasteiger partial charge in [-0.05, 0) is 44.9 Å². The number of amides is 5. The van der Waals surface area contributed by atoms with Gasteiger partial charge in [-0.25, -0.2) is 9.59 Å². The van der Waals surface area contributed by atoms with Crippen LogP contribution in [0.2, 0.25) is 0 Å². The van der Waals surface area contributed by atoms with E-state index in [1.165, 1.54) is 17.0 Å². The molecule has 0 aromatic heterocycles. The van der Waals surface area contributed by atoms with Crippen molar-refractivity contribution in [3.05, 3.63) is 29.3 Å². The lowest BCUT2D eigenvalue weighted by molar-refractivity contribution is 0.0527. The number of carbonyl (C=O) groups excluding carboxylic acids is 4. The predicted octanol–water partition coefficient (Wildman–Crippen LogP) is 2.58. The van der Waals surface area contributed by atoms with Gasteiger partial charge >= 0.3 is 12.1 Å². The van der Waals surface area contributed by atoms with Crippen molar-refractivity contribution in [2.75, 3.05) is 25.0 Å². The Morgan fingerprint density at radius 3 is 2.28 bits per heavy atom. The first-order valence-electron chi connectivity index (χ1n) is 9.50. The summed E-state index contributed by atoms with van der Waals surface area (Å²) in [5.74, 6) is -0.512. The first-order chi connectivity index (χ1) is 13.5. The van der Waals surface area contributed by atoms with Crippen LogP contribution in [0.4, 0.5) is 15.3 Å². The highest BCUT2D eigenvalue weighted by Crippen LogP contribution is 2.26. The maximum atomic E-state index is 12.5. The van der Waals surface area contributed by atoms with Gasteiger partial charge in [0.25, 0.3) is 11.8 Å². The van der Waals surface area contributed by atoms with E-state index in [2.05, 4.69) is 16.0 Å². The van der Waals surface area contributed by atoms with Crippen LogP contribution in [0, 0.1) is 5.92 Å². The number of nitrogens with one attached hydrogen (secondary N) is 3. The molecule has 0 aliphatic carbocycles. The number of urea groups is 1. The van der Waals surface area contributed by atoms with Gasteiger partial charge in [0.2, 0.25) is 0 Å². The maximum absolute atomic E-state index is 12.5. The molecular weight excluding hydrogens is 376 g/mol. The van der Waals surface area contributed by atoms with Gasteiger partial charge < -0.3 is 20.7 Å². The second-order valence-electron chi connectivity index (χ2n) is 8.18. The summed E-state index contributed by atoms with van der Waals surface area (Å²) in [6.45, 7) is 9.87. The van der Waals surface area contributed by atoms with E-state index < -0.39 is 17.7 Å². The number of ether oxygens (including phenoxy) is 1. The summed E-state index contributed by atoms with van der Waals surface area (Å²) in [4.78, 5) is 49.6. The normalized spacial score (nSPS) is 13.4. The molecule has 0 spiro atoms. The van der Waals surface area contributed by atoms with Crippen LogP contribution in [0.25, 0.3) is 0 Å². The lowest BCUT2D eigenvalue weighted by Gasteiger charge is -2.19. The fourth-order valence-electron chi connectivity index (χ4n) is 2.73. The van der Waals surface area contributed by atoms with E-state index in [1.807, 2.05) is 13.8 Å². The number of hydrogen-bond acceptors (Lipinski definition) is 5. The summed E-state index contributed by atoms with van der Waals surface area (Å²) in [7, 11) is 0. The molecule has 1 aromatic carbocycles. The first kappa shape index (κ1) is 22.2. The number of rotatable bonds is 6. The molecule has 0 atom stereocenters. The third-order valence-electron chi connectivity index (χ3n) is 3.86. The Bertz CT molecular complexity index is 814. The van der Waals surface area contributed by atoms with E-state index >= 15 is 0 Å². The molecule has 1 aliphatic rings. The summed E-state index contributed by atoms with van der Waals surface area (Å²) in [5, 5.41) is 7.73. The molecule has 0 radical (unpaired) electrons. The van der Waals surface area contributed by atoms with Crippen molar-refractivity contribution in [2.24, 2.45) is 5.92 Å². The van der Waals surface area contributed by atoms with Crippen molar-refractivity contribution < 1.29 is 23.9 Å². The summed E-state index contributed by atoms with van der Waals surface area (Å²) >= 11 is 0. The molecule has 0 bridgehead atoms. The van der Waals surface area contributed by atoms with Crippen molar-refractivity contribution in [2.45, 2.75) is 40.2 Å². The van der Waals surface area contributed by atoms with E-state index in [0.717, 1.165) is 0 Å². The highest BCUT2D eigenvalue weighted by molar-refractivity contribution is 6.21. The monoisotopic (exact) mass is 404 g/mol. The molecular formula is C20H28N4O5. The van der Waals surface area contributed by atoms with Gasteiger partial charge in [0.1, 0.15) is 5.60 Å². The van der Waals surface area contributed by atoms with Crippen LogP contribution in [0.5, 0.6) is 0 Å². The summed E-state index contributed by atoms with van der Waals surface area (Å²) < 4.78 is 5.09. The molecule has 158 valence electrons. The molecule has 29 heavy (non-hydrogen) atoms. The average molecular weight is 404 g/mol. The molecule has 0 saturated carbocycles. The summed E-state index contributed by atoms with van der Waals surface area (Å²) in [6.07, 6.45) is -0.563. The van der Waals surface area contributed by atoms with E-state index in [1.54, 1.807) is 26.8 Å². The largest absolute Gasteiger partial charge is 0.444 e. The molecule has 1 aromatic rings. The van der Waals surface area contributed by atoms with Gasteiger partial charge in [-0.2, -0.15) is 0 Å². The van der Waals surface area contributed by atoms with Crippen LogP contribution < -0.4 is 16.0 Å². The molecule has 1 heterocycles. The summed E-state index contributed by atoms with van der Waals surface area (Å²) in [6, 6.07) is 4.11. The van der Waals surface area contributed by atoms with Gasteiger partial charge in [-0.1, -0.05) is 13.8 Å². The molecule has 3 N–H and O–H groups in total. The third kappa shape index (κ3) is 6.20. The van der Waals surface area contributed by atoms with Gasteiger partial charge in [0.15, 0.2) is 0 Å². The summed E-state index contributed by atoms with van der Waals surface area (Å²) in [5.41, 5.74) is 0.420. The van der Waals surface area contributed by atoms with Crippen LogP contribution >= 0.6 is 0 Å². The minimum Gasteiger partial charge on any atom is -0.444 e. The third-order valence-corrected chi connectivity index (χ3v) is 3.86. The smallest absolute Gasteiger partial charge is 0.407 e. The SMILES string of the molecule is CC(C)CN1C(=O)c2ccc(NC(=O)NCCNC(=O)OC(C)(C)C)cc2C1=O. The van der Waals surface area contributed by atoms with Crippen LogP contribution in [-0.4, -0.2) is 54.1 Å². The zero-order valence-corrected chi connectivity index (χ0v) is 17.4. The fourth-order valence-corrected chi connectivity index (χ4v) is 2.73. The Labute approximate surface area is 170 Å². The minimum atomic E-state index is -0.591. The molecule has 5 amide bonds. The quantitative estimate of drug-likeness (QED) is 0.498. The number of carbonyl (C=O) groups is 4. The molecule has 0 saturated heterocycles. The Morgan fingerprint density at radius 1 is 1.03 bits per heavy atom. The molecule has 1 aliphatic heterocycles. The lowest BCUT2D eigenvalue weighted by Crippen LogP contribution is -2.39. The van der Waals surface area contributed by atoms with E-state index in [0.29, 0.717) is 17.8 Å². The second kappa shape index (κ2) is 8.93. The second-order valence-corrected chi connectivity index (χ2v) is 8.18. The van der Waals surface area contributed by atoms with Crippen LogP contribution in [0.15, 0.2) is 18.2 Å². The number of alkyl carbamates (subject to hydrolysis) is 1. The number of imide groups is 1. The van der Waals surface area contributed by atoms with Crippen LogP contribution in [0.1, 0.15) is 55.3 Å². The Hall–Kier alpha value is -3.10. The molecule has 9 nitrogen and oxygen atoms in total. The Kier molecular flexibility index (Phi) is 6.84. The number of hydrogen-bond donors (Lipinski definition) is 3. The topological polar surface area (TPSA) is 117 Å². The highest BCUT2D eigenvalue weighted by Gasteiger charge is 2.35. The fraction of sp³-hybridized carbons (Fsp3) is 0.500. The lowest BCUT2D eigenvalue weighted by atomic mass is 10.1. The average Bonchev–Trinajstić information content (AvgIpc) is 2.81. The Morgan fingerprint density at radius 2 is 1.66 bits per heavy atom. The number of fused-ring (bicyclic) bond motifs is 1. The van der Waals surface area contributed by atoms with Crippen molar-refractivity contribution in [1.29, 1.82) is 0 Å². The van der Waals surface area contributed by atoms with Crippen molar-refractivity contribution in [1.82, 2.24) is 15.5 Å². The predicted molar refractivity (Wildman–Crippen MR) is 108 cm³/mol. The highest BCUT2D eigenvalue weighted by atomic mass is 16.6. The maximum Gasteiger partial charge on any atom is 0.407 e. The number of benzene rings is 1. The minimum absolute atomic E-state index is 0.162. The van der Waals surface area contributed by atoms with E-state index in [4.69, 9.17) is 4.74 Å². The van der Waals surface area contributed by atoms with Crippen LogP contribution in [-0.2, 0) is 4.74 Å². The van der Waals surface area contributed by atoms with Crippen LogP contribution in [0.3, 0.4) is 0 Å². The van der Waals surface area contributed by atoms with Gasteiger partial charge in [-0.15, -0.1) is 0 Å². The van der Waals surface area contributed by atoms with Gasteiger partial charge in [0.05, 0.1) is 11.1 Å². The standard InChI is InChI=1S/C20H28N4O5/c1-12(2)11-24-16(25)14-7-6-13(10-15(14)17(24)26)23-18(27)21-8-9-22-19(28)29-20(3,4)5/h6-7,10,12H,8-9,11H2,1-5H3,(H,22,28)(H2,21,23,27). The van der Waals surface area contributed by atoms with E-state index in [9.17, 15) is 19.2 Å². The molecule has 2 rings (SSSR count). The molecule has 9 heteroatoms. The zero-order chi connectivity index (χ0) is 21.8. The first-order valence-corrected chi connectivity index (χ1v) is 9.50.